The van der Waals surface area contributed by atoms with Gasteiger partial charge in [0.25, 0.3) is 5.69 Å². The average Bonchev–Trinajstić information content (AvgIpc) is 2.62. The van der Waals surface area contributed by atoms with Crippen LogP contribution in [0.2, 0.25) is 0 Å². The number of hydrogen-bond donors (Lipinski definition) is 1. The lowest BCUT2D eigenvalue weighted by Gasteiger charge is -2.11. The summed E-state index contributed by atoms with van der Waals surface area (Å²) in [4.78, 5) is 31.9. The second-order valence-electron chi connectivity index (χ2n) is 5.78. The van der Waals surface area contributed by atoms with Gasteiger partial charge in [-0.15, -0.1) is 0 Å². The fraction of sp³-hybridized carbons (Fsp3) is 0.278. The van der Waals surface area contributed by atoms with Gasteiger partial charge in [-0.25, -0.2) is 0 Å². The maximum absolute atomic E-state index is 11.4. The molecule has 0 amide bonds. The molecule has 0 radical (unpaired) electrons. The minimum absolute atomic E-state index is 0.151. The van der Waals surface area contributed by atoms with Crippen molar-refractivity contribution in [1.82, 2.24) is 0 Å². The van der Waals surface area contributed by atoms with Crippen molar-refractivity contribution in [1.29, 1.82) is 0 Å². The summed E-state index contributed by atoms with van der Waals surface area (Å²) >= 11 is 0. The molecule has 0 bridgehead atoms. The Hall–Kier alpha value is -3.53. The summed E-state index contributed by atoms with van der Waals surface area (Å²) in [7, 11) is 0. The summed E-state index contributed by atoms with van der Waals surface area (Å²) in [5.41, 5.74) is -0.323. The number of rotatable bonds is 9. The molecule has 0 spiro atoms. The van der Waals surface area contributed by atoms with Crippen LogP contribution in [0, 0.1) is 20.2 Å². The second-order valence-corrected chi connectivity index (χ2v) is 5.78. The first-order valence-electron chi connectivity index (χ1n) is 8.33. The first-order chi connectivity index (χ1) is 13.3. The Bertz CT molecular complexity index is 884. The first-order valence-corrected chi connectivity index (χ1v) is 8.33. The molecule has 2 aromatic rings. The summed E-state index contributed by atoms with van der Waals surface area (Å²) < 4.78 is 10.3. The maximum atomic E-state index is 11.4. The molecule has 0 fully saturated rings. The van der Waals surface area contributed by atoms with Gasteiger partial charge in [-0.05, 0) is 37.1 Å². The Morgan fingerprint density at radius 1 is 1.14 bits per heavy atom. The normalized spacial score (nSPS) is 11.5. The zero-order valence-corrected chi connectivity index (χ0v) is 14.9. The first kappa shape index (κ1) is 20.8. The second kappa shape index (κ2) is 9.42. The summed E-state index contributed by atoms with van der Waals surface area (Å²) in [6.45, 7) is 1.89. The molecule has 0 heterocycles. The molecule has 10 heteroatoms. The molecule has 2 aromatic carbocycles. The van der Waals surface area contributed by atoms with E-state index in [4.69, 9.17) is 9.47 Å². The standard InChI is InChI=1S/C18H18N2O8/c1-2-27-18(22)11-14(21)8-12-4-3-5-15(9-12)28-17-7-6-13(19(23)24)10-16(17)20(25)26/h3-7,9-10,14,21H,2,8,11H2,1H3. The quantitative estimate of drug-likeness (QED) is 0.391. The van der Waals surface area contributed by atoms with E-state index in [9.17, 15) is 30.1 Å². The van der Waals surface area contributed by atoms with Crippen molar-refractivity contribution in [3.8, 4) is 11.5 Å². The fourth-order valence-electron chi connectivity index (χ4n) is 2.47. The lowest BCUT2D eigenvalue weighted by molar-refractivity contribution is -0.394. The molecule has 0 saturated heterocycles. The van der Waals surface area contributed by atoms with Crippen LogP contribution in [0.3, 0.4) is 0 Å². The van der Waals surface area contributed by atoms with E-state index < -0.39 is 33.3 Å². The van der Waals surface area contributed by atoms with E-state index in [0.717, 1.165) is 18.2 Å². The molecule has 1 atom stereocenters. The molecule has 10 nitrogen and oxygen atoms in total. The summed E-state index contributed by atoms with van der Waals surface area (Å²) in [6, 6.07) is 9.51. The van der Waals surface area contributed by atoms with Gasteiger partial charge in [0.1, 0.15) is 5.75 Å². The van der Waals surface area contributed by atoms with Gasteiger partial charge in [-0.2, -0.15) is 0 Å². The number of esters is 1. The Labute approximate surface area is 159 Å². The van der Waals surface area contributed by atoms with Crippen LogP contribution in [0.1, 0.15) is 18.9 Å². The van der Waals surface area contributed by atoms with Gasteiger partial charge in [0, 0.05) is 6.07 Å². The van der Waals surface area contributed by atoms with Crippen LogP contribution in [0.4, 0.5) is 11.4 Å². The van der Waals surface area contributed by atoms with Crippen molar-refractivity contribution in [2.75, 3.05) is 6.61 Å². The van der Waals surface area contributed by atoms with Gasteiger partial charge in [0.05, 0.1) is 35.0 Å². The smallest absolute Gasteiger partial charge is 0.318 e. The van der Waals surface area contributed by atoms with E-state index >= 15 is 0 Å². The lowest BCUT2D eigenvalue weighted by atomic mass is 10.1. The predicted octanol–water partition coefficient (Wildman–Crippen LogP) is 3.15. The van der Waals surface area contributed by atoms with Crippen molar-refractivity contribution in [3.63, 3.8) is 0 Å². The van der Waals surface area contributed by atoms with Crippen LogP contribution in [0.25, 0.3) is 0 Å². The van der Waals surface area contributed by atoms with Crippen molar-refractivity contribution in [2.24, 2.45) is 0 Å². The minimum atomic E-state index is -0.956. The Morgan fingerprint density at radius 2 is 1.89 bits per heavy atom. The number of hydrogen-bond acceptors (Lipinski definition) is 8. The molecule has 0 aliphatic heterocycles. The van der Waals surface area contributed by atoms with E-state index in [2.05, 4.69) is 0 Å². The summed E-state index contributed by atoms with van der Waals surface area (Å²) in [6.07, 6.45) is -0.964. The van der Waals surface area contributed by atoms with Gasteiger partial charge >= 0.3 is 11.7 Å². The largest absolute Gasteiger partial charge is 0.466 e. The molecular formula is C18H18N2O8. The molecule has 28 heavy (non-hydrogen) atoms. The number of nitro benzene ring substituents is 2. The third-order valence-corrected chi connectivity index (χ3v) is 3.66. The molecule has 1 unspecified atom stereocenters. The van der Waals surface area contributed by atoms with Crippen molar-refractivity contribution in [3.05, 3.63) is 68.3 Å². The number of non-ortho nitro benzene ring substituents is 1. The maximum Gasteiger partial charge on any atom is 0.318 e. The van der Waals surface area contributed by atoms with Crippen molar-refractivity contribution >= 4 is 17.3 Å². The van der Waals surface area contributed by atoms with Crippen LogP contribution in [-0.4, -0.2) is 33.6 Å². The average molecular weight is 390 g/mol. The minimum Gasteiger partial charge on any atom is -0.466 e. The number of nitro groups is 2. The van der Waals surface area contributed by atoms with E-state index in [1.165, 1.54) is 0 Å². The summed E-state index contributed by atoms with van der Waals surface area (Å²) in [5.74, 6) is -0.415. The van der Waals surface area contributed by atoms with Gasteiger partial charge in [-0.3, -0.25) is 25.0 Å². The van der Waals surface area contributed by atoms with Gasteiger partial charge in [0.2, 0.25) is 5.75 Å². The highest BCUT2D eigenvalue weighted by molar-refractivity contribution is 5.69. The molecule has 148 valence electrons. The van der Waals surface area contributed by atoms with Crippen LogP contribution >= 0.6 is 0 Å². The molecule has 0 aliphatic carbocycles. The number of benzene rings is 2. The molecule has 0 saturated carbocycles. The van der Waals surface area contributed by atoms with Crippen molar-refractivity contribution < 1.29 is 29.2 Å². The number of nitrogens with zero attached hydrogens (tertiary/aromatic N) is 2. The van der Waals surface area contributed by atoms with Crippen LogP contribution in [-0.2, 0) is 16.0 Å². The topological polar surface area (TPSA) is 142 Å². The van der Waals surface area contributed by atoms with Crippen LogP contribution < -0.4 is 4.74 Å². The Morgan fingerprint density at radius 3 is 2.54 bits per heavy atom. The van der Waals surface area contributed by atoms with Gasteiger partial charge < -0.3 is 14.6 Å². The van der Waals surface area contributed by atoms with E-state index in [0.29, 0.717) is 5.56 Å². The summed E-state index contributed by atoms with van der Waals surface area (Å²) in [5, 5.41) is 32.0. The van der Waals surface area contributed by atoms with E-state index in [1.54, 1.807) is 31.2 Å². The van der Waals surface area contributed by atoms with Crippen LogP contribution in [0.15, 0.2) is 42.5 Å². The zero-order chi connectivity index (χ0) is 20.7. The molecular weight excluding hydrogens is 372 g/mol. The Balaban J connectivity index is 2.15. The highest BCUT2D eigenvalue weighted by atomic mass is 16.6. The highest BCUT2D eigenvalue weighted by Crippen LogP contribution is 2.34. The van der Waals surface area contributed by atoms with Gasteiger partial charge in [-0.1, -0.05) is 12.1 Å². The molecule has 1 N–H and O–H groups in total. The Kier molecular flexibility index (Phi) is 6.99. The molecule has 0 aliphatic rings. The number of carbonyl (C=O) groups excluding carboxylic acids is 1. The number of ether oxygens (including phenoxy) is 2. The lowest BCUT2D eigenvalue weighted by Crippen LogP contribution is -2.18. The highest BCUT2D eigenvalue weighted by Gasteiger charge is 2.21. The van der Waals surface area contributed by atoms with E-state index in [-0.39, 0.29) is 30.9 Å². The molecule has 0 aromatic heterocycles. The van der Waals surface area contributed by atoms with Crippen molar-refractivity contribution in [2.45, 2.75) is 25.9 Å². The monoisotopic (exact) mass is 390 g/mol. The predicted molar refractivity (Wildman–Crippen MR) is 97.2 cm³/mol. The SMILES string of the molecule is CCOC(=O)CC(O)Cc1cccc(Oc2ccc([N+](=O)[O-])cc2[N+](=O)[O-])c1. The van der Waals surface area contributed by atoms with Gasteiger partial charge in [0.15, 0.2) is 0 Å². The zero-order valence-electron chi connectivity index (χ0n) is 14.9. The third kappa shape index (κ3) is 5.74. The van der Waals surface area contributed by atoms with E-state index in [1.807, 2.05) is 0 Å². The fourth-order valence-corrected chi connectivity index (χ4v) is 2.47. The molecule has 2 rings (SSSR count). The third-order valence-electron chi connectivity index (χ3n) is 3.66. The van der Waals surface area contributed by atoms with Crippen LogP contribution in [0.5, 0.6) is 11.5 Å². The number of aliphatic hydroxyl groups excluding tert-OH is 1. The number of carbonyl (C=O) groups is 1. The number of aliphatic hydroxyl groups is 1.